The number of carbonyl (C=O) groups excluding carboxylic acids is 1. The van der Waals surface area contributed by atoms with Crippen molar-refractivity contribution in [3.8, 4) is 11.1 Å². The molecular weight excluding hydrogens is 540 g/mol. The molecule has 0 spiro atoms. The van der Waals surface area contributed by atoms with Gasteiger partial charge in [-0.15, -0.1) is 0 Å². The van der Waals surface area contributed by atoms with Crippen LogP contribution in [0.5, 0.6) is 0 Å². The summed E-state index contributed by atoms with van der Waals surface area (Å²) >= 11 is 0. The molecule has 15 heteroatoms. The molecule has 1 aliphatic carbocycles. The van der Waals surface area contributed by atoms with E-state index >= 15 is 0 Å². The van der Waals surface area contributed by atoms with Crippen LogP contribution < -0.4 is 9.44 Å². The van der Waals surface area contributed by atoms with E-state index in [-0.39, 0.29) is 24.9 Å². The van der Waals surface area contributed by atoms with Gasteiger partial charge in [-0.05, 0) is 36.8 Å². The number of hydrogen-bond acceptors (Lipinski definition) is 9. The Morgan fingerprint density at radius 3 is 1.34 bits per heavy atom. The van der Waals surface area contributed by atoms with E-state index in [1.54, 1.807) is 0 Å². The van der Waals surface area contributed by atoms with E-state index in [4.69, 9.17) is 0 Å². The molecule has 0 unspecified atom stereocenters. The Hall–Kier alpha value is -3.27. The summed E-state index contributed by atoms with van der Waals surface area (Å²) in [5.74, 6) is -0.609. The first kappa shape index (κ1) is 29.3. The molecule has 0 amide bonds. The van der Waals surface area contributed by atoms with E-state index in [1.165, 1.54) is 0 Å². The summed E-state index contributed by atoms with van der Waals surface area (Å²) in [6.07, 6.45) is 0.983. The fourth-order valence-corrected chi connectivity index (χ4v) is 6.15. The van der Waals surface area contributed by atoms with Gasteiger partial charge in [0.1, 0.15) is 0 Å². The van der Waals surface area contributed by atoms with Crippen molar-refractivity contribution in [2.45, 2.75) is 50.3 Å². The predicted octanol–water partition coefficient (Wildman–Crippen LogP) is 3.36. The molecule has 0 heterocycles. The molecule has 0 atom stereocenters. The fraction of sp³-hybridized carbons (Fsp3) is 0.435. The number of nitro groups is 2. The predicted molar refractivity (Wildman–Crippen MR) is 138 cm³/mol. The van der Waals surface area contributed by atoms with Crippen LogP contribution in [0.3, 0.4) is 0 Å². The summed E-state index contributed by atoms with van der Waals surface area (Å²) in [6.45, 7) is 7.62. The average molecular weight is 569 g/mol. The molecule has 0 radical (unpaired) electrons. The van der Waals surface area contributed by atoms with E-state index in [2.05, 4.69) is 9.44 Å². The number of carbonyl (C=O) groups is 1. The second-order valence-corrected chi connectivity index (χ2v) is 13.3. The molecule has 0 bridgehead atoms. The lowest BCUT2D eigenvalue weighted by Crippen LogP contribution is -2.26. The van der Waals surface area contributed by atoms with Crippen LogP contribution in [0.25, 0.3) is 11.1 Å². The number of nitro benzene ring substituents is 2. The number of rotatable bonds is 12. The molecule has 0 fully saturated rings. The Bertz CT molecular complexity index is 1420. The fourth-order valence-electron chi connectivity index (χ4n) is 3.96. The van der Waals surface area contributed by atoms with Crippen LogP contribution in [-0.2, 0) is 20.0 Å². The number of hydrogen-bond donors (Lipinski definition) is 2. The third-order valence-electron chi connectivity index (χ3n) is 5.96. The van der Waals surface area contributed by atoms with Crippen molar-refractivity contribution in [3.05, 3.63) is 55.6 Å². The number of fused-ring (bicyclic) bond motifs is 3. The smallest absolute Gasteiger partial charge is 0.279 e. The molecular formula is C23H28N4O9S2. The minimum atomic E-state index is -4.27. The van der Waals surface area contributed by atoms with Crippen LogP contribution in [0.4, 0.5) is 11.4 Å². The number of nitrogens with zero attached hydrogens (tertiary/aromatic N) is 2. The summed E-state index contributed by atoms with van der Waals surface area (Å²) in [5, 5.41) is 23.9. The van der Waals surface area contributed by atoms with Crippen molar-refractivity contribution in [1.29, 1.82) is 0 Å². The molecule has 2 aromatic carbocycles. The Kier molecular flexibility index (Phi) is 8.36. The number of sulfonamides is 2. The van der Waals surface area contributed by atoms with Gasteiger partial charge in [0.25, 0.3) is 11.4 Å². The largest absolute Gasteiger partial charge is 0.289 e. The third-order valence-corrected chi connectivity index (χ3v) is 8.84. The molecule has 3 rings (SSSR count). The zero-order valence-electron chi connectivity index (χ0n) is 21.2. The summed E-state index contributed by atoms with van der Waals surface area (Å²) in [6, 6.07) is 3.31. The molecule has 206 valence electrons. The first-order valence-electron chi connectivity index (χ1n) is 11.8. The molecule has 1 aliphatic rings. The van der Waals surface area contributed by atoms with Crippen LogP contribution in [-0.4, -0.2) is 45.6 Å². The van der Waals surface area contributed by atoms with Gasteiger partial charge in [0, 0.05) is 36.3 Å². The van der Waals surface area contributed by atoms with Crippen molar-refractivity contribution in [2.24, 2.45) is 11.8 Å². The standard InChI is InChI=1S/C23H28N4O9S2/c1-13(2)5-7-24-37(33,34)15-9-17-21(19(11-15)26(29)30)22-18(23(17)28)10-16(12-20(22)27(31)32)38(35,36)25-8-6-14(3)4/h9-14,24-25H,5-8H2,1-4H3. The molecule has 13 nitrogen and oxygen atoms in total. The van der Waals surface area contributed by atoms with Gasteiger partial charge in [-0.2, -0.15) is 0 Å². The number of benzene rings is 2. The van der Waals surface area contributed by atoms with Crippen molar-refractivity contribution in [2.75, 3.05) is 13.1 Å². The Morgan fingerprint density at radius 1 is 0.711 bits per heavy atom. The second kappa shape index (κ2) is 10.8. The van der Waals surface area contributed by atoms with Crippen LogP contribution in [0.2, 0.25) is 0 Å². The average Bonchev–Trinajstić information content (AvgIpc) is 3.09. The lowest BCUT2D eigenvalue weighted by Gasteiger charge is -2.11. The molecule has 2 N–H and O–H groups in total. The van der Waals surface area contributed by atoms with E-state index in [1.807, 2.05) is 27.7 Å². The molecule has 2 aromatic rings. The molecule has 0 aromatic heterocycles. The van der Waals surface area contributed by atoms with Crippen LogP contribution in [0.1, 0.15) is 56.5 Å². The quantitative estimate of drug-likeness (QED) is 0.243. The number of ketones is 1. The van der Waals surface area contributed by atoms with Gasteiger partial charge in [-0.1, -0.05) is 27.7 Å². The molecule has 0 aliphatic heterocycles. The summed E-state index contributed by atoms with van der Waals surface area (Å²) < 4.78 is 56.0. The summed E-state index contributed by atoms with van der Waals surface area (Å²) in [5.41, 5.74) is -3.40. The highest BCUT2D eigenvalue weighted by molar-refractivity contribution is 7.89. The summed E-state index contributed by atoms with van der Waals surface area (Å²) in [4.78, 5) is 34.2. The van der Waals surface area contributed by atoms with Gasteiger partial charge in [0.05, 0.1) is 30.8 Å². The van der Waals surface area contributed by atoms with Gasteiger partial charge in [-0.25, -0.2) is 26.3 Å². The molecule has 0 saturated carbocycles. The minimum absolute atomic E-state index is 0.0511. The van der Waals surface area contributed by atoms with Crippen molar-refractivity contribution in [1.82, 2.24) is 9.44 Å². The van der Waals surface area contributed by atoms with E-state index in [9.17, 15) is 41.9 Å². The monoisotopic (exact) mass is 568 g/mol. The highest BCUT2D eigenvalue weighted by atomic mass is 32.2. The Balaban J connectivity index is 2.20. The lowest BCUT2D eigenvalue weighted by molar-refractivity contribution is -0.386. The SMILES string of the molecule is CC(C)CCNS(=O)(=O)c1cc2c(c([N+](=O)[O-])c1)-c1c(cc(S(=O)(=O)NCCC(C)C)cc1[N+](=O)[O-])C2=O. The second-order valence-electron chi connectivity index (χ2n) is 9.73. The maximum atomic E-state index is 13.3. The molecule has 38 heavy (non-hydrogen) atoms. The van der Waals surface area contributed by atoms with Crippen molar-refractivity contribution >= 4 is 37.2 Å². The van der Waals surface area contributed by atoms with E-state index < -0.39 is 79.1 Å². The third kappa shape index (κ3) is 5.90. The number of nitrogens with one attached hydrogen (secondary N) is 2. The summed E-state index contributed by atoms with van der Waals surface area (Å²) in [7, 11) is -8.53. The van der Waals surface area contributed by atoms with E-state index in [0.717, 1.165) is 24.3 Å². The van der Waals surface area contributed by atoms with Crippen molar-refractivity contribution in [3.63, 3.8) is 0 Å². The highest BCUT2D eigenvalue weighted by Crippen LogP contribution is 2.48. The zero-order valence-corrected chi connectivity index (χ0v) is 22.8. The molecule has 0 saturated heterocycles. The first-order valence-corrected chi connectivity index (χ1v) is 14.7. The first-order chi connectivity index (χ1) is 17.6. The van der Waals surface area contributed by atoms with Gasteiger partial charge >= 0.3 is 0 Å². The van der Waals surface area contributed by atoms with Crippen molar-refractivity contribution < 1.29 is 31.5 Å². The topological polar surface area (TPSA) is 196 Å². The lowest BCUT2D eigenvalue weighted by atomic mass is 10.0. The Labute approximate surface area is 220 Å². The maximum Gasteiger partial charge on any atom is 0.279 e. The van der Waals surface area contributed by atoms with Gasteiger partial charge in [-0.3, -0.25) is 25.0 Å². The zero-order chi connectivity index (χ0) is 28.6. The van der Waals surface area contributed by atoms with Crippen LogP contribution in [0.15, 0.2) is 34.1 Å². The maximum absolute atomic E-state index is 13.3. The van der Waals surface area contributed by atoms with Crippen LogP contribution >= 0.6 is 0 Å². The minimum Gasteiger partial charge on any atom is -0.289 e. The Morgan fingerprint density at radius 2 is 1.05 bits per heavy atom. The van der Waals surface area contributed by atoms with Gasteiger partial charge < -0.3 is 0 Å². The van der Waals surface area contributed by atoms with Gasteiger partial charge in [0.2, 0.25) is 20.0 Å². The van der Waals surface area contributed by atoms with Gasteiger partial charge in [0.15, 0.2) is 5.78 Å². The van der Waals surface area contributed by atoms with Crippen LogP contribution in [0, 0.1) is 32.1 Å². The normalized spacial score (nSPS) is 13.2. The van der Waals surface area contributed by atoms with E-state index in [0.29, 0.717) is 12.8 Å². The highest BCUT2D eigenvalue weighted by Gasteiger charge is 2.41.